The first-order valence-electron chi connectivity index (χ1n) is 6.69. The van der Waals surface area contributed by atoms with Gasteiger partial charge in [0, 0.05) is 43.2 Å². The predicted octanol–water partition coefficient (Wildman–Crippen LogP) is 3.11. The van der Waals surface area contributed by atoms with E-state index < -0.39 is 0 Å². The number of thioether (sulfide) groups is 1. The molecule has 0 saturated heterocycles. The number of methoxy groups -OCH3 is 1. The summed E-state index contributed by atoms with van der Waals surface area (Å²) in [6.45, 7) is 2.52. The molecule has 106 valence electrons. The second-order valence-corrected chi connectivity index (χ2v) is 5.51. The Kier molecular flexibility index (Phi) is 6.57. The lowest BCUT2D eigenvalue weighted by atomic mass is 10.2. The highest BCUT2D eigenvalue weighted by molar-refractivity contribution is 7.98. The van der Waals surface area contributed by atoms with Gasteiger partial charge < -0.3 is 10.1 Å². The van der Waals surface area contributed by atoms with Crippen molar-refractivity contribution >= 4 is 11.8 Å². The van der Waals surface area contributed by atoms with Crippen LogP contribution in [-0.4, -0.2) is 25.2 Å². The SMILES string of the molecule is COCCNCc1ccc(SCc2cccnc2)cc1. The summed E-state index contributed by atoms with van der Waals surface area (Å²) in [7, 11) is 1.72. The largest absolute Gasteiger partial charge is 0.383 e. The number of hydrogen-bond donors (Lipinski definition) is 1. The van der Waals surface area contributed by atoms with E-state index in [1.807, 2.05) is 24.0 Å². The van der Waals surface area contributed by atoms with Crippen molar-refractivity contribution in [2.45, 2.75) is 17.2 Å². The monoisotopic (exact) mass is 288 g/mol. The Morgan fingerprint density at radius 3 is 2.70 bits per heavy atom. The zero-order valence-electron chi connectivity index (χ0n) is 11.7. The van der Waals surface area contributed by atoms with Crippen LogP contribution in [0.4, 0.5) is 0 Å². The molecule has 0 radical (unpaired) electrons. The molecule has 0 saturated carbocycles. The first-order valence-corrected chi connectivity index (χ1v) is 7.67. The summed E-state index contributed by atoms with van der Waals surface area (Å²) < 4.78 is 5.00. The Morgan fingerprint density at radius 1 is 1.15 bits per heavy atom. The number of aromatic nitrogens is 1. The maximum Gasteiger partial charge on any atom is 0.0587 e. The van der Waals surface area contributed by atoms with Crippen LogP contribution in [-0.2, 0) is 17.0 Å². The number of nitrogens with zero attached hydrogens (tertiary/aromatic N) is 1. The Hall–Kier alpha value is -1.36. The van der Waals surface area contributed by atoms with Gasteiger partial charge in [-0.1, -0.05) is 18.2 Å². The van der Waals surface area contributed by atoms with Crippen molar-refractivity contribution < 1.29 is 4.74 Å². The molecule has 1 heterocycles. The van der Waals surface area contributed by atoms with Crippen molar-refractivity contribution in [3.63, 3.8) is 0 Å². The fraction of sp³-hybridized carbons (Fsp3) is 0.312. The molecule has 20 heavy (non-hydrogen) atoms. The third-order valence-electron chi connectivity index (χ3n) is 2.86. The van der Waals surface area contributed by atoms with Crippen molar-refractivity contribution in [3.8, 4) is 0 Å². The molecule has 0 atom stereocenters. The first-order chi connectivity index (χ1) is 9.88. The lowest BCUT2D eigenvalue weighted by Crippen LogP contribution is -2.18. The molecule has 2 rings (SSSR count). The lowest BCUT2D eigenvalue weighted by molar-refractivity contribution is 0.199. The maximum absolute atomic E-state index is 5.00. The van der Waals surface area contributed by atoms with Crippen LogP contribution in [0.25, 0.3) is 0 Å². The highest BCUT2D eigenvalue weighted by Crippen LogP contribution is 2.22. The second-order valence-electron chi connectivity index (χ2n) is 4.46. The molecular formula is C16H20N2OS. The predicted molar refractivity (Wildman–Crippen MR) is 83.8 cm³/mol. The van der Waals surface area contributed by atoms with Gasteiger partial charge in [0.1, 0.15) is 0 Å². The summed E-state index contributed by atoms with van der Waals surface area (Å²) in [5, 5.41) is 3.34. The van der Waals surface area contributed by atoms with E-state index in [1.165, 1.54) is 16.0 Å². The van der Waals surface area contributed by atoms with Crippen LogP contribution in [0.2, 0.25) is 0 Å². The minimum Gasteiger partial charge on any atom is -0.383 e. The highest BCUT2D eigenvalue weighted by atomic mass is 32.2. The third kappa shape index (κ3) is 5.33. The minimum absolute atomic E-state index is 0.749. The molecule has 4 heteroatoms. The number of rotatable bonds is 8. The van der Waals surface area contributed by atoms with E-state index in [2.05, 4.69) is 40.6 Å². The molecule has 1 aromatic carbocycles. The van der Waals surface area contributed by atoms with Gasteiger partial charge in [-0.2, -0.15) is 0 Å². The van der Waals surface area contributed by atoms with Crippen molar-refractivity contribution in [1.29, 1.82) is 0 Å². The van der Waals surface area contributed by atoms with Crippen molar-refractivity contribution in [2.75, 3.05) is 20.3 Å². The van der Waals surface area contributed by atoms with Gasteiger partial charge in [0.2, 0.25) is 0 Å². The number of pyridine rings is 1. The van der Waals surface area contributed by atoms with Gasteiger partial charge in [-0.05, 0) is 29.3 Å². The number of hydrogen-bond acceptors (Lipinski definition) is 4. The van der Waals surface area contributed by atoms with Crippen LogP contribution in [0.5, 0.6) is 0 Å². The maximum atomic E-state index is 5.00. The molecular weight excluding hydrogens is 268 g/mol. The van der Waals surface area contributed by atoms with Crippen LogP contribution in [0.15, 0.2) is 53.7 Å². The molecule has 0 aliphatic heterocycles. The van der Waals surface area contributed by atoms with Gasteiger partial charge in [-0.25, -0.2) is 0 Å². The fourth-order valence-corrected chi connectivity index (χ4v) is 2.59. The van der Waals surface area contributed by atoms with Crippen LogP contribution >= 0.6 is 11.8 Å². The van der Waals surface area contributed by atoms with Gasteiger partial charge in [-0.15, -0.1) is 11.8 Å². The zero-order valence-corrected chi connectivity index (χ0v) is 12.5. The van der Waals surface area contributed by atoms with E-state index in [1.54, 1.807) is 13.3 Å². The summed E-state index contributed by atoms with van der Waals surface area (Å²) >= 11 is 1.83. The average molecular weight is 288 g/mol. The summed E-state index contributed by atoms with van der Waals surface area (Å²) in [6.07, 6.45) is 3.72. The van der Waals surface area contributed by atoms with E-state index in [0.29, 0.717) is 0 Å². The molecule has 0 aliphatic rings. The number of nitrogens with one attached hydrogen (secondary N) is 1. The van der Waals surface area contributed by atoms with Crippen molar-refractivity contribution in [3.05, 3.63) is 59.9 Å². The molecule has 0 amide bonds. The molecule has 0 unspecified atom stereocenters. The van der Waals surface area contributed by atoms with E-state index in [0.717, 1.165) is 25.4 Å². The van der Waals surface area contributed by atoms with E-state index in [9.17, 15) is 0 Å². The molecule has 0 aliphatic carbocycles. The van der Waals surface area contributed by atoms with Gasteiger partial charge >= 0.3 is 0 Å². The second kappa shape index (κ2) is 8.74. The quantitative estimate of drug-likeness (QED) is 0.598. The van der Waals surface area contributed by atoms with Crippen molar-refractivity contribution in [1.82, 2.24) is 10.3 Å². The Bertz CT molecular complexity index is 488. The molecule has 2 aromatic rings. The minimum atomic E-state index is 0.749. The van der Waals surface area contributed by atoms with Gasteiger partial charge in [-0.3, -0.25) is 4.98 Å². The molecule has 1 N–H and O–H groups in total. The van der Waals surface area contributed by atoms with Gasteiger partial charge in [0.15, 0.2) is 0 Å². The topological polar surface area (TPSA) is 34.1 Å². The standard InChI is InChI=1S/C16H20N2OS/c1-19-10-9-18-11-14-4-6-16(7-5-14)20-13-15-3-2-8-17-12-15/h2-8,12,18H,9-11,13H2,1H3. The molecule has 3 nitrogen and oxygen atoms in total. The fourth-order valence-electron chi connectivity index (χ4n) is 1.76. The molecule has 0 spiro atoms. The first kappa shape index (κ1) is 15.0. The van der Waals surface area contributed by atoms with E-state index >= 15 is 0 Å². The van der Waals surface area contributed by atoms with Crippen molar-refractivity contribution in [2.24, 2.45) is 0 Å². The van der Waals surface area contributed by atoms with Crippen LogP contribution in [0.3, 0.4) is 0 Å². The van der Waals surface area contributed by atoms with E-state index in [4.69, 9.17) is 4.74 Å². The van der Waals surface area contributed by atoms with Gasteiger partial charge in [0.05, 0.1) is 6.61 Å². The average Bonchev–Trinajstić information content (AvgIpc) is 2.52. The highest BCUT2D eigenvalue weighted by Gasteiger charge is 1.97. The Labute approximate surface area is 124 Å². The number of ether oxygens (including phenoxy) is 1. The van der Waals surface area contributed by atoms with Crippen LogP contribution in [0, 0.1) is 0 Å². The summed E-state index contributed by atoms with van der Waals surface area (Å²) in [5.41, 5.74) is 2.55. The summed E-state index contributed by atoms with van der Waals surface area (Å²) in [5.74, 6) is 0.958. The number of benzene rings is 1. The molecule has 0 fully saturated rings. The smallest absolute Gasteiger partial charge is 0.0587 e. The lowest BCUT2D eigenvalue weighted by Gasteiger charge is -2.06. The summed E-state index contributed by atoms with van der Waals surface area (Å²) in [4.78, 5) is 5.41. The Morgan fingerprint density at radius 2 is 2.00 bits per heavy atom. The van der Waals surface area contributed by atoms with Crippen LogP contribution in [0.1, 0.15) is 11.1 Å². The Balaban J connectivity index is 1.76. The van der Waals surface area contributed by atoms with Crippen LogP contribution < -0.4 is 5.32 Å². The third-order valence-corrected chi connectivity index (χ3v) is 3.95. The molecule has 0 bridgehead atoms. The van der Waals surface area contributed by atoms with E-state index in [-0.39, 0.29) is 0 Å². The van der Waals surface area contributed by atoms with Gasteiger partial charge in [0.25, 0.3) is 0 Å². The zero-order chi connectivity index (χ0) is 14.0. The molecule has 1 aromatic heterocycles. The normalized spacial score (nSPS) is 10.7. The summed E-state index contributed by atoms with van der Waals surface area (Å²) in [6, 6.07) is 12.8.